The number of pyridine rings is 1. The van der Waals surface area contributed by atoms with Gasteiger partial charge < -0.3 is 5.43 Å². The van der Waals surface area contributed by atoms with E-state index in [0.717, 1.165) is 6.42 Å². The molecule has 6 nitrogen and oxygen atoms in total. The molecule has 1 aliphatic rings. The van der Waals surface area contributed by atoms with Gasteiger partial charge in [-0.25, -0.2) is 24.0 Å². The van der Waals surface area contributed by atoms with E-state index < -0.39 is 10.0 Å². The number of hydrazine groups is 1. The zero-order chi connectivity index (χ0) is 13.9. The second kappa shape index (κ2) is 5.85. The minimum absolute atomic E-state index is 0.164. The molecule has 19 heavy (non-hydrogen) atoms. The molecule has 4 N–H and O–H groups in total. The average molecular weight is 284 g/mol. The van der Waals surface area contributed by atoms with Crippen molar-refractivity contribution in [1.82, 2.24) is 9.71 Å². The number of hydrogen-bond donors (Lipinski definition) is 3. The maximum absolute atomic E-state index is 12.1. The topological polar surface area (TPSA) is 97.1 Å². The summed E-state index contributed by atoms with van der Waals surface area (Å²) in [5.74, 6) is 6.65. The molecule has 0 saturated heterocycles. The molecule has 2 rings (SSSR count). The fourth-order valence-corrected chi connectivity index (χ4v) is 3.49. The lowest BCUT2D eigenvalue weighted by atomic mass is 9.99. The Bertz CT molecular complexity index is 515. The van der Waals surface area contributed by atoms with Crippen molar-refractivity contribution >= 4 is 15.8 Å². The van der Waals surface area contributed by atoms with Gasteiger partial charge in [0.15, 0.2) is 0 Å². The Morgan fingerprint density at radius 3 is 2.74 bits per heavy atom. The Kier molecular flexibility index (Phi) is 4.38. The predicted molar refractivity (Wildman–Crippen MR) is 73.7 cm³/mol. The average Bonchev–Trinajstić information content (AvgIpc) is 2.82. The number of nitrogens with one attached hydrogen (secondary N) is 2. The van der Waals surface area contributed by atoms with Gasteiger partial charge in [-0.2, -0.15) is 0 Å². The molecular weight excluding hydrogens is 264 g/mol. The minimum atomic E-state index is -3.48. The van der Waals surface area contributed by atoms with Crippen LogP contribution in [0.1, 0.15) is 26.2 Å². The summed E-state index contributed by atoms with van der Waals surface area (Å²) in [5.41, 5.74) is 2.36. The first-order valence-corrected chi connectivity index (χ1v) is 7.93. The van der Waals surface area contributed by atoms with Gasteiger partial charge in [0.1, 0.15) is 10.7 Å². The van der Waals surface area contributed by atoms with Crippen LogP contribution in [0.25, 0.3) is 0 Å². The van der Waals surface area contributed by atoms with E-state index in [9.17, 15) is 8.42 Å². The van der Waals surface area contributed by atoms with E-state index in [1.807, 2.05) is 0 Å². The standard InChI is InChI=1S/C12H20N4O2S/c1-9-3-2-4-10(9)7-15-19(17,18)11-5-6-12(16-13)14-8-11/h5-6,8-10,15H,2-4,7,13H2,1H3,(H,14,16). The number of anilines is 1. The first-order valence-electron chi connectivity index (χ1n) is 6.45. The maximum atomic E-state index is 12.1. The second-order valence-corrected chi connectivity index (χ2v) is 6.81. The van der Waals surface area contributed by atoms with Crippen molar-refractivity contribution < 1.29 is 8.42 Å². The van der Waals surface area contributed by atoms with Crippen molar-refractivity contribution in [2.75, 3.05) is 12.0 Å². The van der Waals surface area contributed by atoms with Gasteiger partial charge in [0.2, 0.25) is 10.0 Å². The molecule has 0 radical (unpaired) electrons. The zero-order valence-corrected chi connectivity index (χ0v) is 11.8. The molecular formula is C12H20N4O2S. The zero-order valence-electron chi connectivity index (χ0n) is 11.0. The smallest absolute Gasteiger partial charge is 0.242 e. The molecule has 1 saturated carbocycles. The van der Waals surface area contributed by atoms with Gasteiger partial charge in [-0.15, -0.1) is 0 Å². The second-order valence-electron chi connectivity index (χ2n) is 5.04. The van der Waals surface area contributed by atoms with Gasteiger partial charge in [0, 0.05) is 12.7 Å². The van der Waals surface area contributed by atoms with Crippen molar-refractivity contribution in [2.24, 2.45) is 17.7 Å². The summed E-state index contributed by atoms with van der Waals surface area (Å²) in [6.07, 6.45) is 4.77. The Morgan fingerprint density at radius 2 is 2.21 bits per heavy atom. The van der Waals surface area contributed by atoms with Gasteiger partial charge in [-0.05, 0) is 30.4 Å². The van der Waals surface area contributed by atoms with Crippen molar-refractivity contribution in [3.8, 4) is 0 Å². The Labute approximate surface area is 113 Å². The third-order valence-corrected chi connectivity index (χ3v) is 5.18. The molecule has 1 heterocycles. The fourth-order valence-electron chi connectivity index (χ4n) is 2.45. The molecule has 1 fully saturated rings. The van der Waals surface area contributed by atoms with Gasteiger partial charge in [0.25, 0.3) is 0 Å². The fraction of sp³-hybridized carbons (Fsp3) is 0.583. The van der Waals surface area contributed by atoms with Gasteiger partial charge in [0.05, 0.1) is 0 Å². The number of rotatable bonds is 5. The van der Waals surface area contributed by atoms with Crippen LogP contribution in [0.5, 0.6) is 0 Å². The normalized spacial score (nSPS) is 23.5. The molecule has 0 spiro atoms. The van der Waals surface area contributed by atoms with Gasteiger partial charge in [-0.1, -0.05) is 19.8 Å². The van der Waals surface area contributed by atoms with E-state index in [2.05, 4.69) is 22.1 Å². The molecule has 1 aliphatic carbocycles. The molecule has 7 heteroatoms. The van der Waals surface area contributed by atoms with Crippen molar-refractivity contribution in [3.63, 3.8) is 0 Å². The number of hydrogen-bond acceptors (Lipinski definition) is 5. The lowest BCUT2D eigenvalue weighted by Crippen LogP contribution is -2.30. The maximum Gasteiger partial charge on any atom is 0.242 e. The number of nitrogens with zero attached hydrogens (tertiary/aromatic N) is 1. The predicted octanol–water partition coefficient (Wildman–Crippen LogP) is 1.08. The lowest BCUT2D eigenvalue weighted by molar-refractivity contribution is 0.414. The van der Waals surface area contributed by atoms with E-state index >= 15 is 0 Å². The number of nitrogens with two attached hydrogens (primary N) is 1. The Hall–Kier alpha value is -1.18. The number of sulfonamides is 1. The van der Waals surface area contributed by atoms with Crippen LogP contribution in [0.3, 0.4) is 0 Å². The quantitative estimate of drug-likeness (QED) is 0.555. The van der Waals surface area contributed by atoms with E-state index in [0.29, 0.717) is 24.2 Å². The highest BCUT2D eigenvalue weighted by Crippen LogP contribution is 2.30. The first-order chi connectivity index (χ1) is 9.03. The van der Waals surface area contributed by atoms with Crippen LogP contribution in [-0.2, 0) is 10.0 Å². The summed E-state index contributed by atoms with van der Waals surface area (Å²) < 4.78 is 26.9. The summed E-state index contributed by atoms with van der Waals surface area (Å²) in [6.45, 7) is 2.68. The SMILES string of the molecule is CC1CCCC1CNS(=O)(=O)c1ccc(NN)nc1. The molecule has 0 amide bonds. The van der Waals surface area contributed by atoms with Crippen molar-refractivity contribution in [2.45, 2.75) is 31.1 Å². The van der Waals surface area contributed by atoms with E-state index in [1.165, 1.54) is 31.2 Å². The summed E-state index contributed by atoms with van der Waals surface area (Å²) in [4.78, 5) is 4.07. The third-order valence-electron chi connectivity index (χ3n) is 3.77. The highest BCUT2D eigenvalue weighted by atomic mass is 32.2. The van der Waals surface area contributed by atoms with Crippen LogP contribution in [0.2, 0.25) is 0 Å². The van der Waals surface area contributed by atoms with E-state index in [4.69, 9.17) is 5.84 Å². The molecule has 0 aliphatic heterocycles. The highest BCUT2D eigenvalue weighted by molar-refractivity contribution is 7.89. The summed E-state index contributed by atoms with van der Waals surface area (Å²) >= 11 is 0. The summed E-state index contributed by atoms with van der Waals surface area (Å²) in [6, 6.07) is 3.02. The number of aromatic nitrogens is 1. The van der Waals surface area contributed by atoms with E-state index in [-0.39, 0.29) is 4.90 Å². The van der Waals surface area contributed by atoms with Crippen molar-refractivity contribution in [1.29, 1.82) is 0 Å². The highest BCUT2D eigenvalue weighted by Gasteiger charge is 2.25. The molecule has 2 atom stereocenters. The molecule has 0 aromatic carbocycles. The third kappa shape index (κ3) is 3.43. The van der Waals surface area contributed by atoms with Crippen molar-refractivity contribution in [3.05, 3.63) is 18.3 Å². The Morgan fingerprint density at radius 1 is 1.42 bits per heavy atom. The van der Waals surface area contributed by atoms with Crippen LogP contribution >= 0.6 is 0 Å². The minimum Gasteiger partial charge on any atom is -0.308 e. The summed E-state index contributed by atoms with van der Waals surface area (Å²) in [5, 5.41) is 0. The molecule has 106 valence electrons. The summed E-state index contributed by atoms with van der Waals surface area (Å²) in [7, 11) is -3.48. The van der Waals surface area contributed by atoms with Gasteiger partial charge >= 0.3 is 0 Å². The van der Waals surface area contributed by atoms with Crippen LogP contribution in [0, 0.1) is 11.8 Å². The number of nitrogen functional groups attached to an aromatic ring is 1. The molecule has 2 unspecified atom stereocenters. The monoisotopic (exact) mass is 284 g/mol. The Balaban J connectivity index is 2.01. The lowest BCUT2D eigenvalue weighted by Gasteiger charge is -2.16. The van der Waals surface area contributed by atoms with Crippen LogP contribution in [-0.4, -0.2) is 19.9 Å². The first kappa shape index (κ1) is 14.2. The molecule has 1 aromatic heterocycles. The van der Waals surface area contributed by atoms with E-state index in [1.54, 1.807) is 0 Å². The van der Waals surface area contributed by atoms with Gasteiger partial charge in [-0.3, -0.25) is 0 Å². The van der Waals surface area contributed by atoms with Crippen LogP contribution < -0.4 is 16.0 Å². The molecule has 0 bridgehead atoms. The molecule has 1 aromatic rings. The largest absolute Gasteiger partial charge is 0.308 e. The van der Waals surface area contributed by atoms with Crippen LogP contribution in [0.15, 0.2) is 23.2 Å². The van der Waals surface area contributed by atoms with Crippen LogP contribution in [0.4, 0.5) is 5.82 Å².